The standard InChI is InChI=1S/C17H17Cl2F/c1-16(2,3)12-8-10-13(11-9-12)17(18,19)14-6-4-5-7-15(14)20/h4-11H,1-3H3. The van der Waals surface area contributed by atoms with Crippen LogP contribution in [0.25, 0.3) is 0 Å². The molecule has 0 radical (unpaired) electrons. The van der Waals surface area contributed by atoms with Gasteiger partial charge >= 0.3 is 0 Å². The summed E-state index contributed by atoms with van der Waals surface area (Å²) in [4.78, 5) is 0. The molecule has 0 spiro atoms. The monoisotopic (exact) mass is 310 g/mol. The summed E-state index contributed by atoms with van der Waals surface area (Å²) in [5, 5.41) is 0. The molecule has 0 N–H and O–H groups in total. The summed E-state index contributed by atoms with van der Waals surface area (Å²) >= 11 is 12.8. The van der Waals surface area contributed by atoms with E-state index in [-0.39, 0.29) is 11.0 Å². The number of hydrogen-bond donors (Lipinski definition) is 0. The molecule has 0 aliphatic rings. The minimum atomic E-state index is -1.39. The number of rotatable bonds is 2. The highest BCUT2D eigenvalue weighted by Gasteiger charge is 2.32. The van der Waals surface area contributed by atoms with Crippen molar-refractivity contribution in [2.45, 2.75) is 30.5 Å². The van der Waals surface area contributed by atoms with Gasteiger partial charge in [-0.05, 0) is 22.6 Å². The van der Waals surface area contributed by atoms with E-state index >= 15 is 0 Å². The van der Waals surface area contributed by atoms with Crippen molar-refractivity contribution >= 4 is 23.2 Å². The summed E-state index contributed by atoms with van der Waals surface area (Å²) in [5.74, 6) is -0.405. The Morgan fingerprint density at radius 2 is 1.30 bits per heavy atom. The van der Waals surface area contributed by atoms with Crippen molar-refractivity contribution in [3.05, 3.63) is 71.0 Å². The van der Waals surface area contributed by atoms with Crippen LogP contribution >= 0.6 is 23.2 Å². The van der Waals surface area contributed by atoms with Gasteiger partial charge in [0.25, 0.3) is 0 Å². The largest absolute Gasteiger partial charge is 0.207 e. The fourth-order valence-corrected chi connectivity index (χ4v) is 2.61. The van der Waals surface area contributed by atoms with E-state index in [1.807, 2.05) is 24.3 Å². The Morgan fingerprint density at radius 3 is 1.80 bits per heavy atom. The molecule has 0 nitrogen and oxygen atoms in total. The molecule has 0 saturated carbocycles. The first-order valence-corrected chi connectivity index (χ1v) is 7.22. The van der Waals surface area contributed by atoms with E-state index in [2.05, 4.69) is 20.8 Å². The van der Waals surface area contributed by atoms with Crippen LogP contribution in [0.4, 0.5) is 4.39 Å². The van der Waals surface area contributed by atoms with E-state index in [1.165, 1.54) is 11.6 Å². The SMILES string of the molecule is CC(C)(C)c1ccc(C(Cl)(Cl)c2ccccc2F)cc1. The van der Waals surface area contributed by atoms with Crippen LogP contribution in [0.3, 0.4) is 0 Å². The lowest BCUT2D eigenvalue weighted by Gasteiger charge is -2.24. The summed E-state index contributed by atoms with van der Waals surface area (Å²) in [6, 6.07) is 14.0. The van der Waals surface area contributed by atoms with Gasteiger partial charge in [0, 0.05) is 5.56 Å². The Labute approximate surface area is 129 Å². The third-order valence-electron chi connectivity index (χ3n) is 3.33. The van der Waals surface area contributed by atoms with Crippen LogP contribution in [0, 0.1) is 5.82 Å². The van der Waals surface area contributed by atoms with Crippen molar-refractivity contribution in [1.29, 1.82) is 0 Å². The molecule has 0 aliphatic carbocycles. The summed E-state index contributed by atoms with van der Waals surface area (Å²) in [6.07, 6.45) is 0. The van der Waals surface area contributed by atoms with E-state index in [0.29, 0.717) is 5.56 Å². The van der Waals surface area contributed by atoms with Crippen LogP contribution in [0.15, 0.2) is 48.5 Å². The second-order valence-corrected chi connectivity index (χ2v) is 7.21. The van der Waals surface area contributed by atoms with Crippen molar-refractivity contribution in [3.63, 3.8) is 0 Å². The van der Waals surface area contributed by atoms with Crippen molar-refractivity contribution in [3.8, 4) is 0 Å². The molecule has 0 aliphatic heterocycles. The lowest BCUT2D eigenvalue weighted by Crippen LogP contribution is -2.16. The van der Waals surface area contributed by atoms with E-state index < -0.39 is 10.2 Å². The lowest BCUT2D eigenvalue weighted by molar-refractivity contribution is 0.589. The average molecular weight is 311 g/mol. The summed E-state index contributed by atoms with van der Waals surface area (Å²) < 4.78 is 12.5. The third-order valence-corrected chi connectivity index (χ3v) is 4.17. The second kappa shape index (κ2) is 5.38. The fourth-order valence-electron chi connectivity index (χ4n) is 2.05. The molecule has 0 unspecified atom stereocenters. The van der Waals surface area contributed by atoms with Gasteiger partial charge in [0.1, 0.15) is 5.82 Å². The summed E-state index contributed by atoms with van der Waals surface area (Å²) in [6.45, 7) is 6.40. The summed E-state index contributed by atoms with van der Waals surface area (Å²) in [5.41, 5.74) is 2.17. The smallest absolute Gasteiger partial charge is 0.170 e. The Kier molecular flexibility index (Phi) is 4.13. The molecule has 2 rings (SSSR count). The molecule has 0 fully saturated rings. The van der Waals surface area contributed by atoms with Crippen LogP contribution < -0.4 is 0 Å². The molecule has 2 aromatic carbocycles. The predicted molar refractivity (Wildman–Crippen MR) is 84.0 cm³/mol. The molecule has 0 saturated heterocycles. The van der Waals surface area contributed by atoms with Gasteiger partial charge in [-0.1, -0.05) is 86.4 Å². The van der Waals surface area contributed by atoms with Crippen molar-refractivity contribution in [2.24, 2.45) is 0 Å². The third kappa shape index (κ3) is 2.99. The Hall–Kier alpha value is -1.05. The first kappa shape index (κ1) is 15.3. The predicted octanol–water partition coefficient (Wildman–Crippen LogP) is 5.80. The molecule has 0 amide bonds. The maximum absolute atomic E-state index is 13.9. The molecule has 106 valence electrons. The number of benzene rings is 2. The van der Waals surface area contributed by atoms with Crippen LogP contribution in [0.2, 0.25) is 0 Å². The van der Waals surface area contributed by atoms with Gasteiger partial charge in [-0.3, -0.25) is 0 Å². The zero-order valence-electron chi connectivity index (χ0n) is 11.8. The molecule has 0 bridgehead atoms. The molecule has 0 aromatic heterocycles. The van der Waals surface area contributed by atoms with Crippen LogP contribution in [0.1, 0.15) is 37.5 Å². The highest BCUT2D eigenvalue weighted by molar-refractivity contribution is 6.50. The number of hydrogen-bond acceptors (Lipinski definition) is 0. The van der Waals surface area contributed by atoms with E-state index in [4.69, 9.17) is 23.2 Å². The Morgan fingerprint density at radius 1 is 0.800 bits per heavy atom. The minimum absolute atomic E-state index is 0.0534. The van der Waals surface area contributed by atoms with Gasteiger partial charge in [0.2, 0.25) is 0 Å². The molecule has 0 atom stereocenters. The first-order chi connectivity index (χ1) is 9.23. The molecule has 2 aromatic rings. The van der Waals surface area contributed by atoms with Crippen molar-refractivity contribution < 1.29 is 4.39 Å². The highest BCUT2D eigenvalue weighted by atomic mass is 35.5. The van der Waals surface area contributed by atoms with Gasteiger partial charge in [-0.25, -0.2) is 4.39 Å². The minimum Gasteiger partial charge on any atom is -0.207 e. The fraction of sp³-hybridized carbons (Fsp3) is 0.294. The zero-order chi connectivity index (χ0) is 15.0. The maximum atomic E-state index is 13.9. The Balaban J connectivity index is 2.43. The zero-order valence-corrected chi connectivity index (χ0v) is 13.3. The van der Waals surface area contributed by atoms with E-state index in [0.717, 1.165) is 0 Å². The number of alkyl halides is 2. The first-order valence-electron chi connectivity index (χ1n) is 6.47. The lowest BCUT2D eigenvalue weighted by atomic mass is 9.86. The average Bonchev–Trinajstić information content (AvgIpc) is 2.38. The van der Waals surface area contributed by atoms with E-state index in [1.54, 1.807) is 18.2 Å². The van der Waals surface area contributed by atoms with E-state index in [9.17, 15) is 4.39 Å². The molecule has 3 heteroatoms. The van der Waals surface area contributed by atoms with Crippen LogP contribution in [-0.4, -0.2) is 0 Å². The van der Waals surface area contributed by atoms with Gasteiger partial charge < -0.3 is 0 Å². The second-order valence-electron chi connectivity index (χ2n) is 5.88. The van der Waals surface area contributed by atoms with Gasteiger partial charge in [-0.15, -0.1) is 0 Å². The van der Waals surface area contributed by atoms with Gasteiger partial charge in [-0.2, -0.15) is 0 Å². The number of halogens is 3. The van der Waals surface area contributed by atoms with Crippen molar-refractivity contribution in [2.75, 3.05) is 0 Å². The van der Waals surface area contributed by atoms with Crippen LogP contribution in [-0.2, 0) is 9.75 Å². The maximum Gasteiger partial charge on any atom is 0.170 e. The molecular weight excluding hydrogens is 294 g/mol. The van der Waals surface area contributed by atoms with Gasteiger partial charge in [0.15, 0.2) is 4.33 Å². The normalized spacial score (nSPS) is 12.5. The van der Waals surface area contributed by atoms with Crippen LogP contribution in [0.5, 0.6) is 0 Å². The molecular formula is C17H17Cl2F. The molecule has 20 heavy (non-hydrogen) atoms. The van der Waals surface area contributed by atoms with Gasteiger partial charge in [0.05, 0.1) is 0 Å². The quantitative estimate of drug-likeness (QED) is 0.615. The topological polar surface area (TPSA) is 0 Å². The Bertz CT molecular complexity index is 595. The summed E-state index contributed by atoms with van der Waals surface area (Å²) in [7, 11) is 0. The highest BCUT2D eigenvalue weighted by Crippen LogP contribution is 2.42. The van der Waals surface area contributed by atoms with Crippen molar-refractivity contribution in [1.82, 2.24) is 0 Å². The molecule has 0 heterocycles.